The minimum Gasteiger partial charge on any atom is -0.493 e. The van der Waals surface area contributed by atoms with E-state index >= 15 is 0 Å². The molecule has 1 aromatic carbocycles. The Kier molecular flexibility index (Phi) is 4.15. The Hall–Kier alpha value is -1.19. The molecule has 96 valence electrons. The molecule has 1 heterocycles. The number of rotatable bonds is 4. The van der Waals surface area contributed by atoms with Crippen molar-refractivity contribution in [2.45, 2.75) is 12.3 Å². The zero-order valence-electron chi connectivity index (χ0n) is 10.6. The van der Waals surface area contributed by atoms with Crippen molar-refractivity contribution in [1.82, 2.24) is 0 Å². The highest BCUT2D eigenvalue weighted by Gasteiger charge is 2.17. The summed E-state index contributed by atoms with van der Waals surface area (Å²) in [6, 6.07) is 5.94. The largest absolute Gasteiger partial charge is 0.493 e. The molecule has 0 aliphatic rings. The molecule has 18 heavy (non-hydrogen) atoms. The van der Waals surface area contributed by atoms with Crippen molar-refractivity contribution in [1.29, 1.82) is 0 Å². The van der Waals surface area contributed by atoms with E-state index in [2.05, 4.69) is 5.38 Å². The van der Waals surface area contributed by atoms with Crippen molar-refractivity contribution in [3.8, 4) is 11.5 Å². The third kappa shape index (κ3) is 2.47. The topological polar surface area (TPSA) is 18.5 Å². The third-order valence-corrected chi connectivity index (χ3v) is 4.07. The van der Waals surface area contributed by atoms with E-state index in [0.29, 0.717) is 5.75 Å². The molecule has 1 aromatic heterocycles. The Morgan fingerprint density at radius 2 is 1.83 bits per heavy atom. The second-order valence-corrected chi connectivity index (χ2v) is 5.20. The van der Waals surface area contributed by atoms with Gasteiger partial charge in [0.15, 0.2) is 11.5 Å². The molecule has 0 fully saturated rings. The molecular weight excluding hydrogens is 268 g/mol. The second kappa shape index (κ2) is 5.63. The molecule has 0 aliphatic carbocycles. The zero-order chi connectivity index (χ0) is 13.1. The van der Waals surface area contributed by atoms with E-state index in [0.717, 1.165) is 22.4 Å². The lowest BCUT2D eigenvalue weighted by Gasteiger charge is -2.16. The molecule has 1 atom stereocenters. The summed E-state index contributed by atoms with van der Waals surface area (Å²) in [5, 5.41) is 3.94. The van der Waals surface area contributed by atoms with Crippen LogP contribution in [0.2, 0.25) is 0 Å². The maximum atomic E-state index is 6.51. The van der Waals surface area contributed by atoms with Gasteiger partial charge in [-0.05, 0) is 52.6 Å². The first-order chi connectivity index (χ1) is 8.67. The highest BCUT2D eigenvalue weighted by atomic mass is 35.5. The van der Waals surface area contributed by atoms with E-state index in [1.54, 1.807) is 25.6 Å². The number of hydrogen-bond donors (Lipinski definition) is 0. The van der Waals surface area contributed by atoms with Crippen LogP contribution in [0.25, 0.3) is 0 Å². The Morgan fingerprint density at radius 1 is 1.17 bits per heavy atom. The summed E-state index contributed by atoms with van der Waals surface area (Å²) >= 11 is 8.16. The van der Waals surface area contributed by atoms with Gasteiger partial charge in [-0.2, -0.15) is 11.3 Å². The minimum absolute atomic E-state index is 0.156. The average molecular weight is 283 g/mol. The van der Waals surface area contributed by atoms with E-state index in [-0.39, 0.29) is 5.38 Å². The molecule has 4 heteroatoms. The smallest absolute Gasteiger partial charge is 0.161 e. The molecule has 2 rings (SSSR count). The summed E-state index contributed by atoms with van der Waals surface area (Å²) in [5.74, 6) is 1.44. The molecule has 0 saturated heterocycles. The van der Waals surface area contributed by atoms with Gasteiger partial charge in [0.25, 0.3) is 0 Å². The molecule has 0 spiro atoms. The van der Waals surface area contributed by atoms with E-state index in [9.17, 15) is 0 Å². The van der Waals surface area contributed by atoms with Crippen LogP contribution in [0.5, 0.6) is 11.5 Å². The van der Waals surface area contributed by atoms with Crippen molar-refractivity contribution < 1.29 is 9.47 Å². The lowest BCUT2D eigenvalue weighted by atomic mass is 10.0. The van der Waals surface area contributed by atoms with Crippen LogP contribution < -0.4 is 9.47 Å². The zero-order valence-corrected chi connectivity index (χ0v) is 12.1. The summed E-state index contributed by atoms with van der Waals surface area (Å²) in [4.78, 5) is 0. The van der Waals surface area contributed by atoms with Crippen LogP contribution in [-0.2, 0) is 0 Å². The quantitative estimate of drug-likeness (QED) is 0.774. The molecule has 0 saturated carbocycles. The number of halogens is 1. The van der Waals surface area contributed by atoms with Gasteiger partial charge in [0.05, 0.1) is 19.6 Å². The fraction of sp³-hybridized carbons (Fsp3) is 0.286. The van der Waals surface area contributed by atoms with Crippen LogP contribution in [0.4, 0.5) is 0 Å². The van der Waals surface area contributed by atoms with Crippen LogP contribution in [0, 0.1) is 6.92 Å². The van der Waals surface area contributed by atoms with Crippen molar-refractivity contribution in [3.63, 3.8) is 0 Å². The van der Waals surface area contributed by atoms with E-state index in [4.69, 9.17) is 21.1 Å². The number of alkyl halides is 1. The lowest BCUT2D eigenvalue weighted by molar-refractivity contribution is 0.354. The highest BCUT2D eigenvalue weighted by Crippen LogP contribution is 2.38. The standard InChI is InChI=1S/C14H15ClO2S/c1-9-6-12(16-2)13(17-3)7-11(9)14(15)10-4-5-18-8-10/h4-8,14H,1-3H3. The fourth-order valence-electron chi connectivity index (χ4n) is 1.87. The van der Waals surface area contributed by atoms with Gasteiger partial charge in [-0.15, -0.1) is 11.6 Å². The van der Waals surface area contributed by atoms with Crippen LogP contribution >= 0.6 is 22.9 Å². The summed E-state index contributed by atoms with van der Waals surface area (Å²) in [6.07, 6.45) is 0. The predicted octanol–water partition coefficient (Wildman–Crippen LogP) is 4.40. The first kappa shape index (κ1) is 13.2. The van der Waals surface area contributed by atoms with E-state index < -0.39 is 0 Å². The third-order valence-electron chi connectivity index (χ3n) is 2.88. The summed E-state index contributed by atoms with van der Waals surface area (Å²) in [6.45, 7) is 2.03. The number of aryl methyl sites for hydroxylation is 1. The normalized spacial score (nSPS) is 12.2. The second-order valence-electron chi connectivity index (χ2n) is 3.98. The monoisotopic (exact) mass is 282 g/mol. The Labute approximate surface area is 116 Å². The summed E-state index contributed by atoms with van der Waals surface area (Å²) in [5.41, 5.74) is 3.25. The van der Waals surface area contributed by atoms with Gasteiger partial charge in [0.2, 0.25) is 0 Å². The number of benzene rings is 1. The van der Waals surface area contributed by atoms with Gasteiger partial charge in [0.1, 0.15) is 0 Å². The molecule has 0 bridgehead atoms. The van der Waals surface area contributed by atoms with Gasteiger partial charge in [-0.1, -0.05) is 0 Å². The van der Waals surface area contributed by atoms with Crippen molar-refractivity contribution in [2.24, 2.45) is 0 Å². The molecule has 0 amide bonds. The Balaban J connectivity index is 2.45. The van der Waals surface area contributed by atoms with Crippen LogP contribution in [0.1, 0.15) is 22.1 Å². The molecule has 2 nitrogen and oxygen atoms in total. The van der Waals surface area contributed by atoms with Gasteiger partial charge in [-0.25, -0.2) is 0 Å². The maximum Gasteiger partial charge on any atom is 0.161 e. The van der Waals surface area contributed by atoms with Crippen LogP contribution in [0.3, 0.4) is 0 Å². The molecule has 0 radical (unpaired) electrons. The Morgan fingerprint density at radius 3 is 2.39 bits per heavy atom. The van der Waals surface area contributed by atoms with E-state index in [1.807, 2.05) is 30.5 Å². The molecular formula is C14H15ClO2S. The summed E-state index contributed by atoms with van der Waals surface area (Å²) < 4.78 is 10.6. The molecule has 2 aromatic rings. The number of thiophene rings is 1. The van der Waals surface area contributed by atoms with Gasteiger partial charge >= 0.3 is 0 Å². The first-order valence-electron chi connectivity index (χ1n) is 5.56. The number of hydrogen-bond acceptors (Lipinski definition) is 3. The van der Waals surface area contributed by atoms with E-state index in [1.165, 1.54) is 0 Å². The molecule has 1 unspecified atom stereocenters. The van der Waals surface area contributed by atoms with Crippen molar-refractivity contribution >= 4 is 22.9 Å². The van der Waals surface area contributed by atoms with Crippen molar-refractivity contribution in [2.75, 3.05) is 14.2 Å². The molecule has 0 N–H and O–H groups in total. The lowest BCUT2D eigenvalue weighted by Crippen LogP contribution is -1.98. The average Bonchev–Trinajstić information content (AvgIpc) is 2.91. The predicted molar refractivity (Wildman–Crippen MR) is 76.3 cm³/mol. The minimum atomic E-state index is -0.156. The maximum absolute atomic E-state index is 6.51. The molecule has 0 aliphatic heterocycles. The first-order valence-corrected chi connectivity index (χ1v) is 6.94. The van der Waals surface area contributed by atoms with Gasteiger partial charge in [-0.3, -0.25) is 0 Å². The van der Waals surface area contributed by atoms with Crippen molar-refractivity contribution in [3.05, 3.63) is 45.6 Å². The van der Waals surface area contributed by atoms with Crippen LogP contribution in [-0.4, -0.2) is 14.2 Å². The SMILES string of the molecule is COc1cc(C)c(C(Cl)c2ccsc2)cc1OC. The Bertz CT molecular complexity index is 523. The summed E-state index contributed by atoms with van der Waals surface area (Å²) in [7, 11) is 3.26. The highest BCUT2D eigenvalue weighted by molar-refractivity contribution is 7.08. The van der Waals surface area contributed by atoms with Crippen LogP contribution in [0.15, 0.2) is 29.0 Å². The number of ether oxygens (including phenoxy) is 2. The number of methoxy groups -OCH3 is 2. The van der Waals surface area contributed by atoms with Gasteiger partial charge < -0.3 is 9.47 Å². The van der Waals surface area contributed by atoms with Gasteiger partial charge in [0, 0.05) is 0 Å². The fourth-order valence-corrected chi connectivity index (χ4v) is 3.00.